The number of benzene rings is 2. The zero-order valence-electron chi connectivity index (χ0n) is 10.2. The van der Waals surface area contributed by atoms with Gasteiger partial charge in [0.15, 0.2) is 0 Å². The van der Waals surface area contributed by atoms with E-state index in [-0.39, 0.29) is 10.8 Å². The number of aryl methyl sites for hydroxylation is 1. The summed E-state index contributed by atoms with van der Waals surface area (Å²) in [4.78, 5) is 0.228. The molecule has 0 heterocycles. The summed E-state index contributed by atoms with van der Waals surface area (Å²) in [5, 5.41) is 3.49. The maximum absolute atomic E-state index is 13.8. The van der Waals surface area contributed by atoms with Crippen molar-refractivity contribution in [2.75, 3.05) is 5.32 Å². The Morgan fingerprint density at radius 2 is 1.95 bits per heavy atom. The highest BCUT2D eigenvalue weighted by Gasteiger charge is 2.09. The fraction of sp³-hybridized carbons (Fsp3) is 0.0714. The highest BCUT2D eigenvalue weighted by molar-refractivity contribution is 7.80. The molecule has 0 bridgehead atoms. The number of rotatable bonds is 3. The van der Waals surface area contributed by atoms with Crippen molar-refractivity contribution in [3.63, 3.8) is 0 Å². The van der Waals surface area contributed by atoms with Gasteiger partial charge in [0, 0.05) is 10.6 Å². The van der Waals surface area contributed by atoms with Gasteiger partial charge in [-0.15, -0.1) is 0 Å². The molecule has 0 aromatic heterocycles. The van der Waals surface area contributed by atoms with E-state index in [0.717, 1.165) is 5.56 Å². The van der Waals surface area contributed by atoms with Gasteiger partial charge >= 0.3 is 0 Å². The normalized spacial score (nSPS) is 10.3. The van der Waals surface area contributed by atoms with Gasteiger partial charge in [-0.05, 0) is 42.8 Å². The minimum Gasteiger partial charge on any atom is -0.389 e. The first-order valence-corrected chi connectivity index (χ1v) is 6.38. The molecule has 2 aromatic carbocycles. The van der Waals surface area contributed by atoms with E-state index in [1.54, 1.807) is 24.3 Å². The third kappa shape index (κ3) is 3.22. The number of nitrogens with one attached hydrogen (secondary N) is 1. The van der Waals surface area contributed by atoms with Crippen LogP contribution in [0.3, 0.4) is 0 Å². The Morgan fingerprint density at radius 1 is 1.21 bits per heavy atom. The zero-order chi connectivity index (χ0) is 14.0. The number of anilines is 2. The van der Waals surface area contributed by atoms with Crippen LogP contribution in [0.5, 0.6) is 0 Å². The first-order valence-electron chi connectivity index (χ1n) is 5.60. The van der Waals surface area contributed by atoms with Gasteiger partial charge in [-0.3, -0.25) is 0 Å². The van der Waals surface area contributed by atoms with Crippen LogP contribution in [0.2, 0.25) is 5.02 Å². The minimum absolute atomic E-state index is 0.228. The first kappa shape index (κ1) is 13.8. The Labute approximate surface area is 121 Å². The summed E-state index contributed by atoms with van der Waals surface area (Å²) in [7, 11) is 0. The molecule has 2 rings (SSSR count). The predicted octanol–water partition coefficient (Wildman–Crippen LogP) is 4.17. The molecule has 0 saturated heterocycles. The number of hydrogen-bond donors (Lipinski definition) is 2. The monoisotopic (exact) mass is 294 g/mol. The lowest BCUT2D eigenvalue weighted by Gasteiger charge is -2.12. The summed E-state index contributed by atoms with van der Waals surface area (Å²) in [6.45, 7) is 1.83. The topological polar surface area (TPSA) is 38.0 Å². The Morgan fingerprint density at radius 3 is 2.58 bits per heavy atom. The van der Waals surface area contributed by atoms with E-state index >= 15 is 0 Å². The average molecular weight is 295 g/mol. The number of thiocarbonyl (C=S) groups is 1. The van der Waals surface area contributed by atoms with Crippen molar-refractivity contribution in [2.24, 2.45) is 5.73 Å². The van der Waals surface area contributed by atoms with E-state index < -0.39 is 0 Å². The number of hydrogen-bond acceptors (Lipinski definition) is 2. The van der Waals surface area contributed by atoms with E-state index in [1.165, 1.54) is 6.07 Å². The molecule has 0 radical (unpaired) electrons. The van der Waals surface area contributed by atoms with Crippen LogP contribution >= 0.6 is 23.8 Å². The van der Waals surface area contributed by atoms with E-state index in [2.05, 4.69) is 5.32 Å². The lowest BCUT2D eigenvalue weighted by Crippen LogP contribution is -2.12. The average Bonchev–Trinajstić information content (AvgIpc) is 2.32. The Kier molecular flexibility index (Phi) is 4.02. The summed E-state index contributed by atoms with van der Waals surface area (Å²) in [5.41, 5.74) is 8.05. The van der Waals surface area contributed by atoms with Gasteiger partial charge in [-0.25, -0.2) is 4.39 Å². The molecule has 0 aliphatic heterocycles. The van der Waals surface area contributed by atoms with Crippen LogP contribution in [0.25, 0.3) is 0 Å². The molecule has 19 heavy (non-hydrogen) atoms. The van der Waals surface area contributed by atoms with Gasteiger partial charge < -0.3 is 11.1 Å². The highest BCUT2D eigenvalue weighted by atomic mass is 35.5. The van der Waals surface area contributed by atoms with Crippen molar-refractivity contribution in [2.45, 2.75) is 6.92 Å². The molecule has 0 unspecified atom stereocenters. The molecule has 0 aliphatic rings. The van der Waals surface area contributed by atoms with E-state index in [0.29, 0.717) is 22.0 Å². The molecule has 0 atom stereocenters. The summed E-state index contributed by atoms with van der Waals surface area (Å²) < 4.78 is 13.8. The lowest BCUT2D eigenvalue weighted by atomic mass is 10.1. The van der Waals surface area contributed by atoms with E-state index in [9.17, 15) is 4.39 Å². The molecule has 2 nitrogen and oxygen atoms in total. The largest absolute Gasteiger partial charge is 0.389 e. The molecule has 5 heteroatoms. The van der Waals surface area contributed by atoms with Crippen molar-refractivity contribution >= 4 is 40.2 Å². The van der Waals surface area contributed by atoms with Gasteiger partial charge in [0.05, 0.1) is 11.4 Å². The van der Waals surface area contributed by atoms with E-state index in [4.69, 9.17) is 29.6 Å². The lowest BCUT2D eigenvalue weighted by molar-refractivity contribution is 0.631. The van der Waals surface area contributed by atoms with E-state index in [1.807, 2.05) is 13.0 Å². The van der Waals surface area contributed by atoms with Gasteiger partial charge in [-0.1, -0.05) is 29.9 Å². The SMILES string of the molecule is Cc1ccc(Nc2cc(Cl)ccc2C(N)=S)c(F)c1. The van der Waals surface area contributed by atoms with Gasteiger partial charge in [0.25, 0.3) is 0 Å². The Balaban J connectivity index is 2.42. The minimum atomic E-state index is -0.339. The summed E-state index contributed by atoms with van der Waals surface area (Å²) >= 11 is 10.9. The van der Waals surface area contributed by atoms with Crippen molar-refractivity contribution < 1.29 is 4.39 Å². The van der Waals surface area contributed by atoms with Crippen molar-refractivity contribution in [3.05, 3.63) is 58.4 Å². The molecule has 0 amide bonds. The quantitative estimate of drug-likeness (QED) is 0.835. The van der Waals surface area contributed by atoms with Crippen molar-refractivity contribution in [1.82, 2.24) is 0 Å². The fourth-order valence-electron chi connectivity index (χ4n) is 1.70. The summed E-state index contributed by atoms with van der Waals surface area (Å²) in [6, 6.07) is 9.99. The van der Waals surface area contributed by atoms with Gasteiger partial charge in [0.1, 0.15) is 10.8 Å². The molecule has 98 valence electrons. The molecular formula is C14H12ClFN2S. The molecule has 2 aromatic rings. The van der Waals surface area contributed by atoms with Crippen LogP contribution in [-0.4, -0.2) is 4.99 Å². The number of nitrogens with two attached hydrogens (primary N) is 1. The Bertz CT molecular complexity index is 643. The standard InChI is InChI=1S/C14H12ClFN2S/c1-8-2-5-12(11(16)6-8)18-13-7-9(15)3-4-10(13)14(17)19/h2-7,18H,1H3,(H2,17,19). The van der Waals surface area contributed by atoms with Crippen LogP contribution in [0.4, 0.5) is 15.8 Å². The molecular weight excluding hydrogens is 283 g/mol. The smallest absolute Gasteiger partial charge is 0.146 e. The maximum Gasteiger partial charge on any atom is 0.146 e. The van der Waals surface area contributed by atoms with Crippen LogP contribution in [-0.2, 0) is 0 Å². The number of halogens is 2. The fourth-order valence-corrected chi connectivity index (χ4v) is 2.05. The zero-order valence-corrected chi connectivity index (χ0v) is 11.8. The Hall–Kier alpha value is -1.65. The third-order valence-electron chi connectivity index (χ3n) is 2.64. The van der Waals surface area contributed by atoms with Crippen molar-refractivity contribution in [1.29, 1.82) is 0 Å². The molecule has 0 spiro atoms. The first-order chi connectivity index (χ1) is 8.97. The van der Waals surface area contributed by atoms with Gasteiger partial charge in [0.2, 0.25) is 0 Å². The van der Waals surface area contributed by atoms with Crippen molar-refractivity contribution in [3.8, 4) is 0 Å². The third-order valence-corrected chi connectivity index (χ3v) is 3.10. The second-order valence-electron chi connectivity index (χ2n) is 4.16. The molecule has 0 fully saturated rings. The molecule has 0 aliphatic carbocycles. The summed E-state index contributed by atoms with van der Waals surface area (Å²) in [6.07, 6.45) is 0. The maximum atomic E-state index is 13.8. The van der Waals surface area contributed by atoms with Crippen LogP contribution in [0.15, 0.2) is 36.4 Å². The highest BCUT2D eigenvalue weighted by Crippen LogP contribution is 2.26. The van der Waals surface area contributed by atoms with Crippen LogP contribution < -0.4 is 11.1 Å². The van der Waals surface area contributed by atoms with Crippen LogP contribution in [0, 0.1) is 12.7 Å². The predicted molar refractivity (Wildman–Crippen MR) is 81.8 cm³/mol. The summed E-state index contributed by atoms with van der Waals surface area (Å²) in [5.74, 6) is -0.339. The molecule has 0 saturated carbocycles. The second kappa shape index (κ2) is 5.55. The second-order valence-corrected chi connectivity index (χ2v) is 5.04. The van der Waals surface area contributed by atoms with Gasteiger partial charge in [-0.2, -0.15) is 0 Å². The van der Waals surface area contributed by atoms with Crippen LogP contribution in [0.1, 0.15) is 11.1 Å². The molecule has 3 N–H and O–H groups in total.